The summed E-state index contributed by atoms with van der Waals surface area (Å²) in [5.74, 6) is -1.83. The van der Waals surface area contributed by atoms with Crippen LogP contribution in [0, 0.1) is 17.1 Å². The number of pyridine rings is 1. The quantitative estimate of drug-likeness (QED) is 0.826. The summed E-state index contributed by atoms with van der Waals surface area (Å²) in [6.45, 7) is 2.86. The van der Waals surface area contributed by atoms with Crippen molar-refractivity contribution in [3.8, 4) is 6.07 Å². The van der Waals surface area contributed by atoms with Gasteiger partial charge in [0.15, 0.2) is 0 Å². The minimum Gasteiger partial charge on any atom is -0.477 e. The van der Waals surface area contributed by atoms with E-state index in [-0.39, 0.29) is 17.0 Å². The number of nitriles is 1. The van der Waals surface area contributed by atoms with E-state index in [0.717, 1.165) is 12.8 Å². The predicted octanol–water partition coefficient (Wildman–Crippen LogP) is 1.82. The molecule has 1 aromatic heterocycles. The molecule has 7 nitrogen and oxygen atoms in total. The van der Waals surface area contributed by atoms with E-state index in [9.17, 15) is 19.1 Å². The van der Waals surface area contributed by atoms with E-state index >= 15 is 0 Å². The van der Waals surface area contributed by atoms with Gasteiger partial charge in [-0.25, -0.2) is 9.18 Å². The zero-order valence-corrected chi connectivity index (χ0v) is 14.7. The maximum atomic E-state index is 14.8. The first-order chi connectivity index (χ1) is 13.0. The number of fused-ring (bicyclic) bond motifs is 1. The molecule has 2 heterocycles. The van der Waals surface area contributed by atoms with Crippen LogP contribution < -0.4 is 10.3 Å². The Kier molecular flexibility index (Phi) is 4.32. The molecule has 0 bridgehead atoms. The number of hydrogen-bond donors (Lipinski definition) is 1. The van der Waals surface area contributed by atoms with Crippen molar-refractivity contribution in [1.29, 1.82) is 5.26 Å². The van der Waals surface area contributed by atoms with Crippen LogP contribution in [-0.2, 0) is 0 Å². The number of aromatic nitrogens is 1. The molecule has 1 aromatic carbocycles. The van der Waals surface area contributed by atoms with Gasteiger partial charge in [0, 0.05) is 43.8 Å². The molecule has 2 aliphatic rings. The first kappa shape index (κ1) is 17.5. The fraction of sp³-hybridized carbons (Fsp3) is 0.421. The Morgan fingerprint density at radius 2 is 1.96 bits per heavy atom. The van der Waals surface area contributed by atoms with Crippen LogP contribution in [0.25, 0.3) is 10.9 Å². The molecule has 27 heavy (non-hydrogen) atoms. The lowest BCUT2D eigenvalue weighted by atomic mass is 10.1. The van der Waals surface area contributed by atoms with Crippen molar-refractivity contribution >= 4 is 22.6 Å². The van der Waals surface area contributed by atoms with Crippen LogP contribution in [0.4, 0.5) is 10.1 Å². The van der Waals surface area contributed by atoms with Gasteiger partial charge in [-0.2, -0.15) is 5.26 Å². The number of rotatable bonds is 4. The molecular formula is C19H19FN4O3. The number of piperazine rings is 1. The second kappa shape index (κ2) is 6.67. The minimum atomic E-state index is -1.30. The van der Waals surface area contributed by atoms with E-state index in [1.54, 1.807) is 10.6 Å². The number of halogens is 1. The van der Waals surface area contributed by atoms with Crippen LogP contribution in [0.3, 0.4) is 0 Å². The van der Waals surface area contributed by atoms with E-state index in [0.29, 0.717) is 43.9 Å². The summed E-state index contributed by atoms with van der Waals surface area (Å²) in [5.41, 5.74) is 0.00435. The van der Waals surface area contributed by atoms with Crippen molar-refractivity contribution in [3.05, 3.63) is 39.9 Å². The third-order valence-corrected chi connectivity index (χ3v) is 5.28. The van der Waals surface area contributed by atoms with E-state index in [1.165, 1.54) is 12.3 Å². The number of anilines is 1. The lowest BCUT2D eigenvalue weighted by Crippen LogP contribution is -2.46. The van der Waals surface area contributed by atoms with Crippen LogP contribution >= 0.6 is 0 Å². The summed E-state index contributed by atoms with van der Waals surface area (Å²) in [6.07, 6.45) is 3.21. The number of carboxylic acids is 1. The average molecular weight is 370 g/mol. The summed E-state index contributed by atoms with van der Waals surface area (Å²) >= 11 is 0. The molecule has 0 unspecified atom stereocenters. The number of carbonyl (C=O) groups is 1. The van der Waals surface area contributed by atoms with E-state index < -0.39 is 17.2 Å². The van der Waals surface area contributed by atoms with Crippen molar-refractivity contribution in [1.82, 2.24) is 9.47 Å². The molecule has 1 aliphatic carbocycles. The Morgan fingerprint density at radius 3 is 2.56 bits per heavy atom. The van der Waals surface area contributed by atoms with Gasteiger partial charge in [-0.3, -0.25) is 9.69 Å². The zero-order chi connectivity index (χ0) is 19.1. The van der Waals surface area contributed by atoms with Gasteiger partial charge in [-0.05, 0) is 25.0 Å². The molecule has 0 atom stereocenters. The predicted molar refractivity (Wildman–Crippen MR) is 97.7 cm³/mol. The number of carboxylic acid groups (broad SMARTS) is 1. The van der Waals surface area contributed by atoms with Crippen LogP contribution in [0.15, 0.2) is 23.1 Å². The first-order valence-electron chi connectivity index (χ1n) is 8.95. The molecule has 1 saturated heterocycles. The summed E-state index contributed by atoms with van der Waals surface area (Å²) in [5, 5.41) is 18.2. The summed E-state index contributed by atoms with van der Waals surface area (Å²) < 4.78 is 16.6. The third kappa shape index (κ3) is 3.15. The monoisotopic (exact) mass is 370 g/mol. The normalized spacial score (nSPS) is 17.9. The molecule has 0 spiro atoms. The van der Waals surface area contributed by atoms with Gasteiger partial charge in [0.05, 0.1) is 23.8 Å². The average Bonchev–Trinajstić information content (AvgIpc) is 3.48. The highest BCUT2D eigenvalue weighted by molar-refractivity contribution is 5.93. The van der Waals surface area contributed by atoms with Gasteiger partial charge < -0.3 is 14.6 Å². The SMILES string of the molecule is N#CCN1CCN(c2cc3c(cc2F)c(=O)c(C(=O)O)cn3C2CC2)CC1. The minimum absolute atomic E-state index is 0.103. The largest absolute Gasteiger partial charge is 0.477 e. The van der Waals surface area contributed by atoms with E-state index in [1.807, 2.05) is 9.80 Å². The lowest BCUT2D eigenvalue weighted by Gasteiger charge is -2.35. The smallest absolute Gasteiger partial charge is 0.341 e. The molecule has 0 amide bonds. The molecule has 1 saturated carbocycles. The third-order valence-electron chi connectivity index (χ3n) is 5.28. The fourth-order valence-electron chi connectivity index (χ4n) is 3.66. The molecule has 1 aliphatic heterocycles. The molecule has 2 aromatic rings. The van der Waals surface area contributed by atoms with Crippen LogP contribution in [-0.4, -0.2) is 53.3 Å². The standard InChI is InChI=1S/C19H19FN4O3/c20-15-9-13-16(10-17(15)23-7-5-22(4-3-21)6-8-23)24(12-1-2-12)11-14(18(13)25)19(26)27/h9-12H,1-2,4-8H2,(H,26,27). The Bertz CT molecular complexity index is 1010. The van der Waals surface area contributed by atoms with Gasteiger partial charge >= 0.3 is 5.97 Å². The van der Waals surface area contributed by atoms with Crippen LogP contribution in [0.5, 0.6) is 0 Å². The van der Waals surface area contributed by atoms with E-state index in [4.69, 9.17) is 5.26 Å². The summed E-state index contributed by atoms with van der Waals surface area (Å²) in [6, 6.07) is 5.10. The van der Waals surface area contributed by atoms with Crippen molar-refractivity contribution in [2.45, 2.75) is 18.9 Å². The molecule has 140 valence electrons. The van der Waals surface area contributed by atoms with Crippen LogP contribution in [0.1, 0.15) is 29.2 Å². The molecule has 2 fully saturated rings. The van der Waals surface area contributed by atoms with Crippen LogP contribution in [0.2, 0.25) is 0 Å². The highest BCUT2D eigenvalue weighted by Crippen LogP contribution is 2.38. The second-order valence-electron chi connectivity index (χ2n) is 7.06. The zero-order valence-electron chi connectivity index (χ0n) is 14.7. The Balaban J connectivity index is 1.78. The second-order valence-corrected chi connectivity index (χ2v) is 7.06. The van der Waals surface area contributed by atoms with Gasteiger partial charge in [0.25, 0.3) is 0 Å². The van der Waals surface area contributed by atoms with Crippen molar-refractivity contribution < 1.29 is 14.3 Å². The number of aromatic carboxylic acids is 1. The molecule has 4 rings (SSSR count). The Morgan fingerprint density at radius 1 is 1.26 bits per heavy atom. The number of hydrogen-bond acceptors (Lipinski definition) is 5. The fourth-order valence-corrected chi connectivity index (χ4v) is 3.66. The highest BCUT2D eigenvalue weighted by Gasteiger charge is 2.28. The molecular weight excluding hydrogens is 351 g/mol. The lowest BCUT2D eigenvalue weighted by molar-refractivity contribution is 0.0695. The van der Waals surface area contributed by atoms with Gasteiger partial charge in [-0.15, -0.1) is 0 Å². The Labute approximate surface area is 154 Å². The van der Waals surface area contributed by atoms with Gasteiger partial charge in [-0.1, -0.05) is 0 Å². The topological polar surface area (TPSA) is 89.6 Å². The molecule has 0 radical (unpaired) electrons. The molecule has 1 N–H and O–H groups in total. The van der Waals surface area contributed by atoms with Crippen molar-refractivity contribution in [2.75, 3.05) is 37.6 Å². The first-order valence-corrected chi connectivity index (χ1v) is 8.95. The van der Waals surface area contributed by atoms with Crippen molar-refractivity contribution in [2.24, 2.45) is 0 Å². The van der Waals surface area contributed by atoms with Gasteiger partial charge in [0.1, 0.15) is 11.4 Å². The molecule has 8 heteroatoms. The number of nitrogens with zero attached hydrogens (tertiary/aromatic N) is 4. The van der Waals surface area contributed by atoms with Crippen molar-refractivity contribution in [3.63, 3.8) is 0 Å². The summed E-state index contributed by atoms with van der Waals surface area (Å²) in [7, 11) is 0. The Hall–Kier alpha value is -2.92. The summed E-state index contributed by atoms with van der Waals surface area (Å²) in [4.78, 5) is 27.8. The maximum Gasteiger partial charge on any atom is 0.341 e. The van der Waals surface area contributed by atoms with Gasteiger partial charge in [0.2, 0.25) is 5.43 Å². The maximum absolute atomic E-state index is 14.8. The van der Waals surface area contributed by atoms with E-state index in [2.05, 4.69) is 6.07 Å². The number of benzene rings is 1. The highest BCUT2D eigenvalue weighted by atomic mass is 19.1.